The van der Waals surface area contributed by atoms with Crippen LogP contribution in [-0.4, -0.2) is 49.8 Å². The molecule has 0 radical (unpaired) electrons. The number of aliphatic imine (C=N–C) groups is 1. The molecule has 4 rings (SSSR count). The minimum atomic E-state index is -4.88. The lowest BCUT2D eigenvalue weighted by atomic mass is 10.0. The molecule has 3 aromatic carbocycles. The molecule has 0 aliphatic carbocycles. The van der Waals surface area contributed by atoms with E-state index in [4.69, 9.17) is 4.74 Å². The van der Waals surface area contributed by atoms with E-state index in [1.807, 2.05) is 0 Å². The van der Waals surface area contributed by atoms with Crippen molar-refractivity contribution in [3.63, 3.8) is 0 Å². The molecule has 0 saturated heterocycles. The number of azo groups is 1. The maximum Gasteiger partial charge on any atom is 0.296 e. The SMILES string of the molecule is COc1ccccc1NC(=O)/C(N=Nc1ccc(C2=Nc3ccc(C)c(S(=O)(=O)O)c3C2)cc1S(=O)(=O)O)=C(/C)O. The van der Waals surface area contributed by atoms with Crippen LogP contribution in [-0.2, 0) is 31.5 Å². The normalized spacial score (nSPS) is 13.9. The zero-order chi connectivity index (χ0) is 30.1. The Bertz CT molecular complexity index is 1880. The fourth-order valence-corrected chi connectivity index (χ4v) is 5.80. The Balaban J connectivity index is 1.68. The highest BCUT2D eigenvalue weighted by Crippen LogP contribution is 2.37. The number of amides is 1. The summed E-state index contributed by atoms with van der Waals surface area (Å²) in [5.74, 6) is -1.05. The number of rotatable bonds is 8. The molecule has 0 aromatic heterocycles. The van der Waals surface area contributed by atoms with Gasteiger partial charge in [0.15, 0.2) is 5.70 Å². The number of nitrogens with zero attached hydrogens (tertiary/aromatic N) is 3. The van der Waals surface area contributed by atoms with Gasteiger partial charge in [-0.25, -0.2) is 0 Å². The Kier molecular flexibility index (Phi) is 8.08. The van der Waals surface area contributed by atoms with Gasteiger partial charge in [0.25, 0.3) is 26.1 Å². The second kappa shape index (κ2) is 11.2. The van der Waals surface area contributed by atoms with Gasteiger partial charge < -0.3 is 15.2 Å². The molecule has 0 spiro atoms. The summed E-state index contributed by atoms with van der Waals surface area (Å²) in [4.78, 5) is 16.2. The molecule has 13 nitrogen and oxygen atoms in total. The number of aliphatic hydroxyl groups is 1. The number of anilines is 1. The van der Waals surface area contributed by atoms with Crippen molar-refractivity contribution in [3.8, 4) is 5.75 Å². The monoisotopic (exact) mass is 600 g/mol. The molecule has 1 heterocycles. The van der Waals surface area contributed by atoms with Gasteiger partial charge in [-0.05, 0) is 55.3 Å². The van der Waals surface area contributed by atoms with Crippen molar-refractivity contribution in [3.05, 3.63) is 82.7 Å². The van der Waals surface area contributed by atoms with E-state index in [9.17, 15) is 35.8 Å². The first-order chi connectivity index (χ1) is 19.2. The fourth-order valence-electron chi connectivity index (χ4n) is 4.19. The lowest BCUT2D eigenvalue weighted by molar-refractivity contribution is -0.113. The van der Waals surface area contributed by atoms with Crippen LogP contribution in [0.4, 0.5) is 17.1 Å². The first-order valence-electron chi connectivity index (χ1n) is 11.8. The molecule has 0 bridgehead atoms. The summed E-state index contributed by atoms with van der Waals surface area (Å²) in [5, 5.41) is 20.1. The van der Waals surface area contributed by atoms with E-state index < -0.39 is 42.5 Å². The summed E-state index contributed by atoms with van der Waals surface area (Å²) in [6.45, 7) is 2.70. The van der Waals surface area contributed by atoms with Gasteiger partial charge in [-0.3, -0.25) is 18.9 Å². The number of allylic oxidation sites excluding steroid dienone is 1. The van der Waals surface area contributed by atoms with Gasteiger partial charge >= 0.3 is 0 Å². The van der Waals surface area contributed by atoms with Gasteiger partial charge in [0.1, 0.15) is 27.0 Å². The highest BCUT2D eigenvalue weighted by Gasteiger charge is 2.28. The summed E-state index contributed by atoms with van der Waals surface area (Å²) in [6.07, 6.45) is -0.0440. The van der Waals surface area contributed by atoms with Gasteiger partial charge in [-0.1, -0.05) is 24.3 Å². The number of hydrogen-bond acceptors (Lipinski definition) is 10. The second-order valence-corrected chi connectivity index (χ2v) is 11.6. The summed E-state index contributed by atoms with van der Waals surface area (Å²) in [7, 11) is -8.03. The van der Waals surface area contributed by atoms with Crippen molar-refractivity contribution < 1.29 is 40.6 Å². The maximum absolute atomic E-state index is 12.8. The largest absolute Gasteiger partial charge is 0.510 e. The van der Waals surface area contributed by atoms with Gasteiger partial charge in [0.05, 0.1) is 24.2 Å². The summed E-state index contributed by atoms with van der Waals surface area (Å²) < 4.78 is 73.2. The standard InChI is InChI=1S/C26H24N4O9S2/c1-14-8-10-18-17(25(14)41(36,37)38)13-21(27-18)16-9-11-20(23(12-16)40(33,34)35)29-30-24(15(2)31)26(32)28-19-6-4-5-7-22(19)39-3/h4-12,31H,13H2,1-3H3,(H,28,32)(H,33,34,35)(H,36,37,38)/b24-15+,30-29?. The third-order valence-electron chi connectivity index (χ3n) is 6.03. The number of aliphatic hydroxyl groups excluding tert-OH is 1. The van der Waals surface area contributed by atoms with Crippen LogP contribution in [0.5, 0.6) is 5.75 Å². The molecule has 0 unspecified atom stereocenters. The average Bonchev–Trinajstić information content (AvgIpc) is 3.31. The van der Waals surface area contributed by atoms with Crippen LogP contribution >= 0.6 is 0 Å². The average molecular weight is 601 g/mol. The number of hydrogen-bond donors (Lipinski definition) is 4. The molecule has 0 saturated carbocycles. The minimum Gasteiger partial charge on any atom is -0.510 e. The minimum absolute atomic E-state index is 0.0440. The molecule has 15 heteroatoms. The van der Waals surface area contributed by atoms with Gasteiger partial charge in [0.2, 0.25) is 0 Å². The van der Waals surface area contributed by atoms with Crippen molar-refractivity contribution in [2.24, 2.45) is 15.2 Å². The number of aryl methyl sites for hydroxylation is 1. The van der Waals surface area contributed by atoms with Crippen LogP contribution in [0, 0.1) is 6.92 Å². The van der Waals surface area contributed by atoms with Crippen molar-refractivity contribution in [1.82, 2.24) is 0 Å². The van der Waals surface area contributed by atoms with Crippen molar-refractivity contribution in [2.75, 3.05) is 12.4 Å². The first kappa shape index (κ1) is 29.5. The molecule has 0 fully saturated rings. The molecule has 4 N–H and O–H groups in total. The molecular weight excluding hydrogens is 576 g/mol. The number of para-hydroxylation sites is 2. The topological polar surface area (TPSA) is 204 Å². The molecule has 3 aromatic rings. The Morgan fingerprint density at radius 2 is 1.73 bits per heavy atom. The predicted molar refractivity (Wildman–Crippen MR) is 149 cm³/mol. The number of methoxy groups -OCH3 is 1. The number of benzene rings is 3. The molecule has 1 aliphatic rings. The second-order valence-electron chi connectivity index (χ2n) is 8.87. The number of carbonyl (C=O) groups is 1. The Hall–Kier alpha value is -4.44. The third-order valence-corrected chi connectivity index (χ3v) is 8.00. The molecule has 41 heavy (non-hydrogen) atoms. The molecule has 1 amide bonds. The Morgan fingerprint density at radius 3 is 2.37 bits per heavy atom. The van der Waals surface area contributed by atoms with Crippen LogP contribution in [0.15, 0.2) is 91.1 Å². The van der Waals surface area contributed by atoms with Crippen LogP contribution < -0.4 is 10.1 Å². The van der Waals surface area contributed by atoms with Crippen LogP contribution in [0.3, 0.4) is 0 Å². The number of ether oxygens (including phenoxy) is 1. The summed E-state index contributed by atoms with van der Waals surface area (Å²) >= 11 is 0. The van der Waals surface area contributed by atoms with E-state index in [1.165, 1.54) is 39.2 Å². The van der Waals surface area contributed by atoms with Gasteiger partial charge in [-0.2, -0.15) is 16.8 Å². The van der Waals surface area contributed by atoms with E-state index in [-0.39, 0.29) is 45.2 Å². The summed E-state index contributed by atoms with van der Waals surface area (Å²) in [5.41, 5.74) is 0.716. The van der Waals surface area contributed by atoms with Crippen LogP contribution in [0.1, 0.15) is 23.6 Å². The Morgan fingerprint density at radius 1 is 1.02 bits per heavy atom. The van der Waals surface area contributed by atoms with E-state index in [1.54, 1.807) is 30.3 Å². The smallest absolute Gasteiger partial charge is 0.296 e. The van der Waals surface area contributed by atoms with Gasteiger partial charge in [-0.15, -0.1) is 10.2 Å². The molecular formula is C26H24N4O9S2. The number of fused-ring (bicyclic) bond motifs is 1. The zero-order valence-corrected chi connectivity index (χ0v) is 23.5. The highest BCUT2D eigenvalue weighted by atomic mass is 32.2. The quantitative estimate of drug-likeness (QED) is 0.122. The van der Waals surface area contributed by atoms with E-state index in [2.05, 4.69) is 20.5 Å². The van der Waals surface area contributed by atoms with Gasteiger partial charge in [0, 0.05) is 12.0 Å². The zero-order valence-electron chi connectivity index (χ0n) is 21.9. The predicted octanol–water partition coefficient (Wildman–Crippen LogP) is 4.69. The Labute approximate surface area is 235 Å². The fraction of sp³-hybridized carbons (Fsp3) is 0.154. The lowest BCUT2D eigenvalue weighted by Gasteiger charge is -2.10. The molecule has 0 atom stereocenters. The molecule has 214 valence electrons. The third kappa shape index (κ3) is 6.33. The van der Waals surface area contributed by atoms with Crippen molar-refractivity contribution in [2.45, 2.75) is 30.1 Å². The highest BCUT2D eigenvalue weighted by molar-refractivity contribution is 7.86. The number of carbonyl (C=O) groups excluding carboxylic acids is 1. The lowest BCUT2D eigenvalue weighted by Crippen LogP contribution is -2.15. The number of nitrogens with one attached hydrogen (secondary N) is 1. The van der Waals surface area contributed by atoms with E-state index in [0.717, 1.165) is 6.07 Å². The van der Waals surface area contributed by atoms with Crippen LogP contribution in [0.25, 0.3) is 0 Å². The van der Waals surface area contributed by atoms with Crippen molar-refractivity contribution >= 4 is 48.9 Å². The molecule has 1 aliphatic heterocycles. The summed E-state index contributed by atoms with van der Waals surface area (Å²) in [6, 6.07) is 13.2. The van der Waals surface area contributed by atoms with E-state index >= 15 is 0 Å². The van der Waals surface area contributed by atoms with E-state index in [0.29, 0.717) is 11.3 Å². The first-order valence-corrected chi connectivity index (χ1v) is 14.6. The van der Waals surface area contributed by atoms with Crippen LogP contribution in [0.2, 0.25) is 0 Å². The maximum atomic E-state index is 12.8. The van der Waals surface area contributed by atoms with Crippen molar-refractivity contribution in [1.29, 1.82) is 0 Å².